The second kappa shape index (κ2) is 4.94. The number of nitrogens with one attached hydrogen (secondary N) is 1. The topological polar surface area (TPSA) is 25.2 Å². The number of fused-ring (bicyclic) bond motifs is 1. The Kier molecular flexibility index (Phi) is 3.31. The minimum Gasteiger partial charge on any atom is -0.458 e. The molecule has 0 spiro atoms. The van der Waals surface area contributed by atoms with Crippen molar-refractivity contribution in [2.75, 3.05) is 6.54 Å². The SMILES string of the molecule is CCNC(CC1CC1)c1cc2cccc(Cl)c2o1. The first-order chi connectivity index (χ1) is 8.78. The molecule has 3 rings (SSSR count). The second-order valence-electron chi connectivity index (χ2n) is 5.10. The van der Waals surface area contributed by atoms with Crippen LogP contribution < -0.4 is 5.32 Å². The molecule has 1 aliphatic rings. The third-order valence-electron chi connectivity index (χ3n) is 3.58. The van der Waals surface area contributed by atoms with E-state index in [0.717, 1.165) is 29.2 Å². The minimum absolute atomic E-state index is 0.325. The van der Waals surface area contributed by atoms with Gasteiger partial charge in [-0.15, -0.1) is 0 Å². The molecule has 96 valence electrons. The van der Waals surface area contributed by atoms with Gasteiger partial charge in [-0.05, 0) is 31.0 Å². The normalized spacial score (nSPS) is 17.2. The fraction of sp³-hybridized carbons (Fsp3) is 0.467. The Morgan fingerprint density at radius 3 is 2.94 bits per heavy atom. The summed E-state index contributed by atoms with van der Waals surface area (Å²) in [5.74, 6) is 1.89. The maximum absolute atomic E-state index is 6.16. The van der Waals surface area contributed by atoms with Gasteiger partial charge in [0.1, 0.15) is 5.76 Å². The highest BCUT2D eigenvalue weighted by molar-refractivity contribution is 6.34. The highest BCUT2D eigenvalue weighted by Crippen LogP contribution is 2.39. The van der Waals surface area contributed by atoms with Gasteiger partial charge in [-0.3, -0.25) is 0 Å². The van der Waals surface area contributed by atoms with Gasteiger partial charge in [0.2, 0.25) is 0 Å². The average Bonchev–Trinajstić information content (AvgIpc) is 3.06. The summed E-state index contributed by atoms with van der Waals surface area (Å²) in [6, 6.07) is 8.34. The van der Waals surface area contributed by atoms with Crippen molar-refractivity contribution in [1.82, 2.24) is 5.32 Å². The maximum Gasteiger partial charge on any atom is 0.152 e. The molecule has 1 aliphatic carbocycles. The Labute approximate surface area is 112 Å². The first kappa shape index (κ1) is 12.1. The van der Waals surface area contributed by atoms with E-state index in [-0.39, 0.29) is 0 Å². The molecule has 2 aromatic rings. The highest BCUT2D eigenvalue weighted by Gasteiger charge is 2.27. The van der Waals surface area contributed by atoms with Crippen LogP contribution in [0.25, 0.3) is 11.0 Å². The third-order valence-corrected chi connectivity index (χ3v) is 3.87. The summed E-state index contributed by atoms with van der Waals surface area (Å²) in [7, 11) is 0. The van der Waals surface area contributed by atoms with Gasteiger partial charge in [-0.1, -0.05) is 43.5 Å². The maximum atomic E-state index is 6.16. The monoisotopic (exact) mass is 263 g/mol. The summed E-state index contributed by atoms with van der Waals surface area (Å²) in [6.07, 6.45) is 3.90. The molecule has 1 heterocycles. The van der Waals surface area contributed by atoms with Crippen molar-refractivity contribution in [1.29, 1.82) is 0 Å². The van der Waals surface area contributed by atoms with Crippen LogP contribution in [0.3, 0.4) is 0 Å². The number of furan rings is 1. The molecule has 0 radical (unpaired) electrons. The van der Waals surface area contributed by atoms with Crippen LogP contribution in [0, 0.1) is 5.92 Å². The molecule has 1 N–H and O–H groups in total. The molecule has 0 amide bonds. The standard InChI is InChI=1S/C15H18ClNO/c1-2-17-13(8-10-6-7-10)14-9-11-4-3-5-12(16)15(11)18-14/h3-5,9-10,13,17H,2,6-8H2,1H3. The zero-order valence-electron chi connectivity index (χ0n) is 10.6. The molecular formula is C15H18ClNO. The molecule has 0 saturated heterocycles. The Balaban J connectivity index is 1.92. The zero-order valence-corrected chi connectivity index (χ0v) is 11.3. The lowest BCUT2D eigenvalue weighted by atomic mass is 10.1. The van der Waals surface area contributed by atoms with Gasteiger partial charge in [-0.25, -0.2) is 0 Å². The lowest BCUT2D eigenvalue weighted by molar-refractivity contribution is 0.402. The first-order valence-corrected chi connectivity index (χ1v) is 7.07. The molecular weight excluding hydrogens is 246 g/mol. The van der Waals surface area contributed by atoms with E-state index in [1.54, 1.807) is 0 Å². The van der Waals surface area contributed by atoms with Gasteiger partial charge in [0.25, 0.3) is 0 Å². The quantitative estimate of drug-likeness (QED) is 0.857. The summed E-state index contributed by atoms with van der Waals surface area (Å²) in [6.45, 7) is 3.09. The highest BCUT2D eigenvalue weighted by atomic mass is 35.5. The number of hydrogen-bond donors (Lipinski definition) is 1. The summed E-state index contributed by atoms with van der Waals surface area (Å²) in [5, 5.41) is 5.30. The Morgan fingerprint density at radius 2 is 2.28 bits per heavy atom. The zero-order chi connectivity index (χ0) is 12.5. The van der Waals surface area contributed by atoms with Crippen LogP contribution in [0.1, 0.15) is 38.0 Å². The van der Waals surface area contributed by atoms with Crippen LogP contribution in [0.4, 0.5) is 0 Å². The lowest BCUT2D eigenvalue weighted by Crippen LogP contribution is -2.20. The van der Waals surface area contributed by atoms with Gasteiger partial charge in [0, 0.05) is 5.39 Å². The fourth-order valence-corrected chi connectivity index (χ4v) is 2.67. The average molecular weight is 264 g/mol. The molecule has 1 atom stereocenters. The van der Waals surface area contributed by atoms with Gasteiger partial charge in [0.05, 0.1) is 11.1 Å². The van der Waals surface area contributed by atoms with Crippen molar-refractivity contribution in [3.05, 3.63) is 35.0 Å². The number of hydrogen-bond acceptors (Lipinski definition) is 2. The van der Waals surface area contributed by atoms with Gasteiger partial charge < -0.3 is 9.73 Å². The summed E-state index contributed by atoms with van der Waals surface area (Å²) < 4.78 is 5.95. The predicted molar refractivity (Wildman–Crippen MR) is 75.0 cm³/mol. The molecule has 1 unspecified atom stereocenters. The largest absolute Gasteiger partial charge is 0.458 e. The van der Waals surface area contributed by atoms with Crippen molar-refractivity contribution in [3.63, 3.8) is 0 Å². The molecule has 0 bridgehead atoms. The van der Waals surface area contributed by atoms with Crippen LogP contribution in [0.15, 0.2) is 28.7 Å². The van der Waals surface area contributed by atoms with E-state index in [9.17, 15) is 0 Å². The van der Waals surface area contributed by atoms with Gasteiger partial charge in [-0.2, -0.15) is 0 Å². The number of benzene rings is 1. The van der Waals surface area contributed by atoms with E-state index in [4.69, 9.17) is 16.0 Å². The van der Waals surface area contributed by atoms with Crippen LogP contribution >= 0.6 is 11.6 Å². The fourth-order valence-electron chi connectivity index (χ4n) is 2.45. The summed E-state index contributed by atoms with van der Waals surface area (Å²) >= 11 is 6.16. The molecule has 3 heteroatoms. The van der Waals surface area contributed by atoms with E-state index in [1.165, 1.54) is 19.3 Å². The number of para-hydroxylation sites is 1. The molecule has 18 heavy (non-hydrogen) atoms. The van der Waals surface area contributed by atoms with E-state index in [2.05, 4.69) is 18.3 Å². The molecule has 1 aromatic heterocycles. The Morgan fingerprint density at radius 1 is 1.44 bits per heavy atom. The summed E-state index contributed by atoms with van der Waals surface area (Å²) in [5.41, 5.74) is 0.813. The molecule has 1 saturated carbocycles. The van der Waals surface area contributed by atoms with Crippen LogP contribution in [0.2, 0.25) is 5.02 Å². The van der Waals surface area contributed by atoms with Crippen molar-refractivity contribution in [3.8, 4) is 0 Å². The van der Waals surface area contributed by atoms with Crippen LogP contribution in [-0.2, 0) is 0 Å². The second-order valence-corrected chi connectivity index (χ2v) is 5.50. The number of rotatable bonds is 5. The minimum atomic E-state index is 0.325. The van der Waals surface area contributed by atoms with Crippen molar-refractivity contribution in [2.24, 2.45) is 5.92 Å². The van der Waals surface area contributed by atoms with E-state index < -0.39 is 0 Å². The van der Waals surface area contributed by atoms with Crippen molar-refractivity contribution in [2.45, 2.75) is 32.2 Å². The van der Waals surface area contributed by atoms with E-state index in [0.29, 0.717) is 11.1 Å². The third kappa shape index (κ3) is 2.40. The van der Waals surface area contributed by atoms with Crippen LogP contribution in [-0.4, -0.2) is 6.54 Å². The smallest absolute Gasteiger partial charge is 0.152 e. The van der Waals surface area contributed by atoms with Gasteiger partial charge >= 0.3 is 0 Å². The van der Waals surface area contributed by atoms with Crippen molar-refractivity contribution < 1.29 is 4.42 Å². The molecule has 2 nitrogen and oxygen atoms in total. The first-order valence-electron chi connectivity index (χ1n) is 6.69. The van der Waals surface area contributed by atoms with Gasteiger partial charge in [0.15, 0.2) is 5.58 Å². The lowest BCUT2D eigenvalue weighted by Gasteiger charge is -2.14. The molecule has 0 aliphatic heterocycles. The predicted octanol–water partition coefficient (Wildman–Crippen LogP) is 4.54. The Bertz CT molecular complexity index is 544. The van der Waals surface area contributed by atoms with E-state index >= 15 is 0 Å². The molecule has 1 aromatic carbocycles. The number of halogens is 1. The van der Waals surface area contributed by atoms with Crippen LogP contribution in [0.5, 0.6) is 0 Å². The Hall–Kier alpha value is -0.990. The summed E-state index contributed by atoms with van der Waals surface area (Å²) in [4.78, 5) is 0. The van der Waals surface area contributed by atoms with E-state index in [1.807, 2.05) is 18.2 Å². The van der Waals surface area contributed by atoms with Crippen molar-refractivity contribution >= 4 is 22.6 Å². The molecule has 1 fully saturated rings.